The fraction of sp³-hybridized carbons (Fsp3) is 0.346. The van der Waals surface area contributed by atoms with Gasteiger partial charge in [-0.15, -0.1) is 0 Å². The number of piperazine rings is 1. The number of nitrogens with one attached hydrogen (secondary N) is 1. The molecule has 32 heavy (non-hydrogen) atoms. The lowest BCUT2D eigenvalue weighted by Gasteiger charge is -2.34. The van der Waals surface area contributed by atoms with Gasteiger partial charge in [0.25, 0.3) is 0 Å². The minimum atomic E-state index is -0.325. The summed E-state index contributed by atoms with van der Waals surface area (Å²) >= 11 is 0. The van der Waals surface area contributed by atoms with Gasteiger partial charge in [0, 0.05) is 36.2 Å². The number of ether oxygens (including phenoxy) is 1. The predicted octanol–water partition coefficient (Wildman–Crippen LogP) is 2.85. The van der Waals surface area contributed by atoms with Gasteiger partial charge in [0.15, 0.2) is 5.78 Å². The number of hydrogen-bond donors (Lipinski definition) is 1. The van der Waals surface area contributed by atoms with E-state index in [4.69, 9.17) is 4.74 Å². The number of rotatable bonds is 4. The molecule has 5 rings (SSSR count). The van der Waals surface area contributed by atoms with Gasteiger partial charge in [-0.1, -0.05) is 19.9 Å². The molecule has 6 nitrogen and oxygen atoms in total. The standard InChI is InChI=1S/C26H25N3O3/c1-26(2)21-13-18(32-10-9-29-8-7-28-23(30)15-29)4-6-20(21)25(31)24-19-5-3-16(14-27)11-17(19)12-22(24)26/h3-6,11,13H,7-10,12,15H2,1-2H3,(H,28,30). The van der Waals surface area contributed by atoms with Crippen LogP contribution in [0.1, 0.15) is 46.5 Å². The molecule has 1 N–H and O–H groups in total. The first-order chi connectivity index (χ1) is 15.4. The van der Waals surface area contributed by atoms with Crippen molar-refractivity contribution in [3.63, 3.8) is 0 Å². The van der Waals surface area contributed by atoms with Crippen LogP contribution in [0.5, 0.6) is 5.75 Å². The molecular formula is C26H25N3O3. The van der Waals surface area contributed by atoms with Crippen LogP contribution in [-0.4, -0.2) is 49.4 Å². The van der Waals surface area contributed by atoms with E-state index in [9.17, 15) is 14.9 Å². The summed E-state index contributed by atoms with van der Waals surface area (Å²) in [4.78, 5) is 27.1. The topological polar surface area (TPSA) is 82.4 Å². The molecule has 0 spiro atoms. The Hall–Kier alpha value is -3.43. The minimum absolute atomic E-state index is 0.0451. The highest BCUT2D eigenvalue weighted by Crippen LogP contribution is 2.50. The first-order valence-electron chi connectivity index (χ1n) is 11.0. The van der Waals surface area contributed by atoms with Gasteiger partial charge in [0.05, 0.1) is 18.2 Å². The lowest BCUT2D eigenvalue weighted by Crippen LogP contribution is -2.48. The second kappa shape index (κ2) is 7.61. The quantitative estimate of drug-likeness (QED) is 0.811. The summed E-state index contributed by atoms with van der Waals surface area (Å²) in [5.74, 6) is 0.829. The van der Waals surface area contributed by atoms with Gasteiger partial charge in [0.2, 0.25) is 5.91 Å². The average Bonchev–Trinajstić information content (AvgIpc) is 3.18. The zero-order valence-electron chi connectivity index (χ0n) is 18.3. The summed E-state index contributed by atoms with van der Waals surface area (Å²) in [6, 6.07) is 13.5. The molecular weight excluding hydrogens is 402 g/mol. The SMILES string of the molecule is CC1(C)C2=C(C(=O)c3ccc(OCCN4CCNC(=O)C4)cc31)c1ccc(C#N)cc1C2. The van der Waals surface area contributed by atoms with Crippen molar-refractivity contribution in [3.8, 4) is 11.8 Å². The van der Waals surface area contributed by atoms with Crippen LogP contribution in [0.4, 0.5) is 0 Å². The Morgan fingerprint density at radius 3 is 2.75 bits per heavy atom. The molecule has 0 aromatic heterocycles. The first kappa shape index (κ1) is 20.5. The fourth-order valence-electron chi connectivity index (χ4n) is 5.09. The molecule has 0 unspecified atom stereocenters. The van der Waals surface area contributed by atoms with E-state index in [0.29, 0.717) is 43.8 Å². The Bertz CT molecular complexity index is 1220. The van der Waals surface area contributed by atoms with Crippen molar-refractivity contribution < 1.29 is 14.3 Å². The average molecular weight is 428 g/mol. The van der Waals surface area contributed by atoms with Crippen LogP contribution in [-0.2, 0) is 16.6 Å². The maximum Gasteiger partial charge on any atom is 0.234 e. The highest BCUT2D eigenvalue weighted by atomic mass is 16.5. The molecule has 0 bridgehead atoms. The van der Waals surface area contributed by atoms with Gasteiger partial charge in [-0.05, 0) is 59.0 Å². The lowest BCUT2D eigenvalue weighted by molar-refractivity contribution is -0.124. The van der Waals surface area contributed by atoms with Gasteiger partial charge in [0.1, 0.15) is 12.4 Å². The first-order valence-corrected chi connectivity index (χ1v) is 11.0. The number of fused-ring (bicyclic) bond motifs is 3. The van der Waals surface area contributed by atoms with Crippen LogP contribution in [0.15, 0.2) is 42.0 Å². The van der Waals surface area contributed by atoms with Gasteiger partial charge < -0.3 is 10.1 Å². The zero-order valence-corrected chi connectivity index (χ0v) is 18.3. The summed E-state index contributed by atoms with van der Waals surface area (Å²) in [5, 5.41) is 12.1. The van der Waals surface area contributed by atoms with Crippen molar-refractivity contribution >= 4 is 17.3 Å². The van der Waals surface area contributed by atoms with Crippen LogP contribution >= 0.6 is 0 Å². The molecule has 1 heterocycles. The number of carbonyl (C=O) groups is 2. The van der Waals surface area contributed by atoms with Crippen molar-refractivity contribution in [2.75, 3.05) is 32.8 Å². The number of allylic oxidation sites excluding steroid dienone is 2. The molecule has 3 aliphatic rings. The van der Waals surface area contributed by atoms with Crippen molar-refractivity contribution in [3.05, 3.63) is 69.8 Å². The number of nitriles is 1. The summed E-state index contributed by atoms with van der Waals surface area (Å²) < 4.78 is 6.01. The second-order valence-corrected chi connectivity index (χ2v) is 9.15. The highest BCUT2D eigenvalue weighted by molar-refractivity contribution is 6.33. The smallest absolute Gasteiger partial charge is 0.234 e. The number of amides is 1. The normalized spacial score (nSPS) is 19.0. The number of benzene rings is 2. The summed E-state index contributed by atoms with van der Waals surface area (Å²) in [5.41, 5.74) is 5.88. The monoisotopic (exact) mass is 427 g/mol. The Morgan fingerprint density at radius 1 is 1.16 bits per heavy atom. The van der Waals surface area contributed by atoms with Gasteiger partial charge in [-0.25, -0.2) is 0 Å². The van der Waals surface area contributed by atoms with Crippen molar-refractivity contribution in [1.29, 1.82) is 5.26 Å². The van der Waals surface area contributed by atoms with Crippen LogP contribution < -0.4 is 10.1 Å². The van der Waals surface area contributed by atoms with Crippen LogP contribution in [0.2, 0.25) is 0 Å². The fourth-order valence-corrected chi connectivity index (χ4v) is 5.09. The van der Waals surface area contributed by atoms with Crippen molar-refractivity contribution in [2.45, 2.75) is 25.7 Å². The Labute approximate surface area is 187 Å². The lowest BCUT2D eigenvalue weighted by atomic mass is 9.68. The van der Waals surface area contributed by atoms with E-state index >= 15 is 0 Å². The Morgan fingerprint density at radius 2 is 1.97 bits per heavy atom. The van der Waals surface area contributed by atoms with E-state index in [1.807, 2.05) is 30.3 Å². The molecule has 162 valence electrons. The predicted molar refractivity (Wildman–Crippen MR) is 121 cm³/mol. The molecule has 2 aromatic rings. The third-order valence-electron chi connectivity index (χ3n) is 6.86. The minimum Gasteiger partial charge on any atom is -0.492 e. The zero-order chi connectivity index (χ0) is 22.5. The van der Waals surface area contributed by atoms with E-state index in [2.05, 4.69) is 30.1 Å². The van der Waals surface area contributed by atoms with E-state index < -0.39 is 0 Å². The summed E-state index contributed by atoms with van der Waals surface area (Å²) in [7, 11) is 0. The van der Waals surface area contributed by atoms with Crippen LogP contribution in [0, 0.1) is 11.3 Å². The third kappa shape index (κ3) is 3.30. The van der Waals surface area contributed by atoms with Crippen molar-refractivity contribution in [2.24, 2.45) is 0 Å². The molecule has 0 radical (unpaired) electrons. The van der Waals surface area contributed by atoms with E-state index in [0.717, 1.165) is 40.1 Å². The maximum atomic E-state index is 13.5. The molecule has 1 fully saturated rings. The largest absolute Gasteiger partial charge is 0.492 e. The van der Waals surface area contributed by atoms with Crippen LogP contribution in [0.3, 0.4) is 0 Å². The Balaban J connectivity index is 1.39. The number of hydrogen-bond acceptors (Lipinski definition) is 5. The van der Waals surface area contributed by atoms with E-state index in [-0.39, 0.29) is 17.1 Å². The molecule has 6 heteroatoms. The molecule has 2 aromatic carbocycles. The molecule has 0 saturated carbocycles. The molecule has 0 atom stereocenters. The Kier molecular flexibility index (Phi) is 4.87. The third-order valence-corrected chi connectivity index (χ3v) is 6.86. The molecule has 1 aliphatic heterocycles. The van der Waals surface area contributed by atoms with Gasteiger partial charge in [-0.2, -0.15) is 5.26 Å². The molecule has 1 amide bonds. The highest BCUT2D eigenvalue weighted by Gasteiger charge is 2.42. The molecule has 1 saturated heterocycles. The maximum absolute atomic E-state index is 13.5. The molecule has 2 aliphatic carbocycles. The number of ketones is 1. The van der Waals surface area contributed by atoms with Crippen molar-refractivity contribution in [1.82, 2.24) is 10.2 Å². The second-order valence-electron chi connectivity index (χ2n) is 9.15. The number of nitrogens with zero attached hydrogens (tertiary/aromatic N) is 2. The summed E-state index contributed by atoms with van der Waals surface area (Å²) in [6.45, 7) is 7.37. The number of Topliss-reactive ketones (excluding diaryl/α,β-unsaturated/α-hetero) is 1. The summed E-state index contributed by atoms with van der Waals surface area (Å²) in [6.07, 6.45) is 0.681. The van der Waals surface area contributed by atoms with Crippen LogP contribution in [0.25, 0.3) is 5.57 Å². The van der Waals surface area contributed by atoms with Gasteiger partial charge in [-0.3, -0.25) is 14.5 Å². The van der Waals surface area contributed by atoms with E-state index in [1.165, 1.54) is 0 Å². The van der Waals surface area contributed by atoms with Gasteiger partial charge >= 0.3 is 0 Å². The number of carbonyl (C=O) groups excluding carboxylic acids is 2. The van der Waals surface area contributed by atoms with E-state index in [1.54, 1.807) is 6.07 Å².